The van der Waals surface area contributed by atoms with E-state index in [0.29, 0.717) is 17.9 Å². The van der Waals surface area contributed by atoms with E-state index in [1.54, 1.807) is 14.2 Å². The maximum absolute atomic E-state index is 11.5. The molecule has 0 atom stereocenters. The fourth-order valence-electron chi connectivity index (χ4n) is 2.74. The van der Waals surface area contributed by atoms with E-state index in [-0.39, 0.29) is 11.7 Å². The summed E-state index contributed by atoms with van der Waals surface area (Å²) < 4.78 is 15.6. The third-order valence-electron chi connectivity index (χ3n) is 4.10. The molecule has 0 spiro atoms. The Kier molecular flexibility index (Phi) is 6.13. The third-order valence-corrected chi connectivity index (χ3v) is 5.04. The lowest BCUT2D eigenvalue weighted by molar-refractivity contribution is -0.137. The largest absolute Gasteiger partial charge is 0.493 e. The van der Waals surface area contributed by atoms with Crippen LogP contribution in [-0.2, 0) is 16.0 Å². The molecule has 0 saturated carbocycles. The summed E-state index contributed by atoms with van der Waals surface area (Å²) in [6, 6.07) is 13.7. The van der Waals surface area contributed by atoms with Gasteiger partial charge >= 0.3 is 5.97 Å². The quantitative estimate of drug-likeness (QED) is 0.740. The molecule has 0 bridgehead atoms. The monoisotopic (exact) mass is 384 g/mol. The number of benzene rings is 2. The number of thioether (sulfide) groups is 1. The van der Waals surface area contributed by atoms with E-state index in [1.807, 2.05) is 42.5 Å². The number of esters is 1. The van der Waals surface area contributed by atoms with Crippen LogP contribution in [0, 0.1) is 0 Å². The van der Waals surface area contributed by atoms with Crippen LogP contribution in [0.4, 0.5) is 0 Å². The van der Waals surface area contributed by atoms with Gasteiger partial charge in [0.05, 0.1) is 27.1 Å². The van der Waals surface area contributed by atoms with Crippen LogP contribution in [0.2, 0.25) is 0 Å². The summed E-state index contributed by atoms with van der Waals surface area (Å²) >= 11 is 1.32. The van der Waals surface area contributed by atoms with E-state index >= 15 is 0 Å². The molecule has 0 saturated heterocycles. The number of ether oxygens (including phenoxy) is 3. The van der Waals surface area contributed by atoms with Gasteiger partial charge in [-0.3, -0.25) is 4.79 Å². The Hall–Kier alpha value is -2.80. The fourth-order valence-corrected chi connectivity index (χ4v) is 3.49. The molecule has 1 aliphatic heterocycles. The maximum Gasteiger partial charge on any atom is 0.316 e. The topological polar surface area (TPSA) is 69.5 Å². The predicted octanol–water partition coefficient (Wildman–Crippen LogP) is 3.32. The summed E-state index contributed by atoms with van der Waals surface area (Å²) in [4.78, 5) is 11.5. The Labute approximate surface area is 162 Å². The summed E-state index contributed by atoms with van der Waals surface area (Å²) in [7, 11) is 4.58. The van der Waals surface area contributed by atoms with Crippen LogP contribution < -0.4 is 9.47 Å². The zero-order chi connectivity index (χ0) is 19.2. The highest BCUT2D eigenvalue weighted by Crippen LogP contribution is 2.34. The summed E-state index contributed by atoms with van der Waals surface area (Å²) in [5.74, 6) is 1.16. The van der Waals surface area contributed by atoms with Gasteiger partial charge < -0.3 is 14.2 Å². The van der Waals surface area contributed by atoms with Gasteiger partial charge in [-0.1, -0.05) is 42.1 Å². The van der Waals surface area contributed by atoms with Crippen LogP contribution in [0.25, 0.3) is 0 Å². The molecule has 0 amide bonds. The molecule has 0 aliphatic carbocycles. The van der Waals surface area contributed by atoms with Gasteiger partial charge in [0.2, 0.25) is 0 Å². The Morgan fingerprint density at radius 2 is 1.74 bits per heavy atom. The van der Waals surface area contributed by atoms with Gasteiger partial charge in [-0.05, 0) is 17.7 Å². The fraction of sp³-hybridized carbons (Fsp3) is 0.250. The highest BCUT2D eigenvalue weighted by atomic mass is 32.2. The number of nitrogens with zero attached hydrogens (tertiary/aromatic N) is 2. The van der Waals surface area contributed by atoms with Crippen molar-refractivity contribution in [1.29, 1.82) is 0 Å². The maximum atomic E-state index is 11.5. The number of carbonyl (C=O) groups excluding carboxylic acids is 1. The molecule has 0 fully saturated rings. The van der Waals surface area contributed by atoms with Crippen LogP contribution in [0.5, 0.6) is 11.5 Å². The first-order chi connectivity index (χ1) is 13.2. The molecule has 3 rings (SSSR count). The lowest BCUT2D eigenvalue weighted by atomic mass is 9.95. The van der Waals surface area contributed by atoms with E-state index in [9.17, 15) is 4.79 Å². The van der Waals surface area contributed by atoms with Gasteiger partial charge in [0.15, 0.2) is 11.5 Å². The standard InChI is InChI=1S/C20H20N2O4S/c1-24-16-9-14-10-18(27-12-19(23)26-3)21-22-20(13-7-5-4-6-8-13)15(14)11-17(16)25-2/h4-9,11H,10,12H2,1-3H3. The van der Waals surface area contributed by atoms with Crippen molar-refractivity contribution in [3.63, 3.8) is 0 Å². The molecule has 0 N–H and O–H groups in total. The lowest BCUT2D eigenvalue weighted by Gasteiger charge is -2.15. The second-order valence-corrected chi connectivity index (χ2v) is 6.76. The van der Waals surface area contributed by atoms with Gasteiger partial charge in [0.1, 0.15) is 10.8 Å². The molecular formula is C20H20N2O4S. The average Bonchev–Trinajstić information content (AvgIpc) is 2.90. The van der Waals surface area contributed by atoms with Crippen LogP contribution in [0.15, 0.2) is 52.7 Å². The smallest absolute Gasteiger partial charge is 0.316 e. The molecule has 2 aromatic carbocycles. The SMILES string of the molecule is COC(=O)CSC1=NN=C(c2ccccc2)c2cc(OC)c(OC)cc2C1. The minimum Gasteiger partial charge on any atom is -0.493 e. The Morgan fingerprint density at radius 1 is 1.04 bits per heavy atom. The molecular weight excluding hydrogens is 364 g/mol. The number of fused-ring (bicyclic) bond motifs is 1. The van der Waals surface area contributed by atoms with Crippen molar-refractivity contribution in [3.05, 3.63) is 59.2 Å². The van der Waals surface area contributed by atoms with Crippen LogP contribution in [0.3, 0.4) is 0 Å². The van der Waals surface area contributed by atoms with Crippen molar-refractivity contribution >= 4 is 28.5 Å². The Balaban J connectivity index is 2.07. The molecule has 2 aromatic rings. The summed E-state index contributed by atoms with van der Waals surface area (Å²) in [6.07, 6.45) is 0.539. The van der Waals surface area contributed by atoms with Gasteiger partial charge in [0, 0.05) is 17.5 Å². The number of rotatable bonds is 5. The number of methoxy groups -OCH3 is 3. The number of hydrogen-bond acceptors (Lipinski definition) is 7. The predicted molar refractivity (Wildman–Crippen MR) is 107 cm³/mol. The number of carbonyl (C=O) groups is 1. The molecule has 6 nitrogen and oxygen atoms in total. The normalized spacial score (nSPS) is 13.0. The van der Waals surface area contributed by atoms with E-state index in [1.165, 1.54) is 18.9 Å². The molecule has 0 aromatic heterocycles. The number of hydrogen-bond donors (Lipinski definition) is 0. The second kappa shape index (κ2) is 8.73. The first-order valence-electron chi connectivity index (χ1n) is 8.31. The van der Waals surface area contributed by atoms with E-state index in [0.717, 1.165) is 27.4 Å². The van der Waals surface area contributed by atoms with Crippen molar-refractivity contribution in [1.82, 2.24) is 0 Å². The third kappa shape index (κ3) is 4.31. The molecule has 0 radical (unpaired) electrons. The zero-order valence-electron chi connectivity index (χ0n) is 15.4. The molecule has 7 heteroatoms. The van der Waals surface area contributed by atoms with Gasteiger partial charge in [-0.2, -0.15) is 0 Å². The van der Waals surface area contributed by atoms with Crippen LogP contribution in [0.1, 0.15) is 16.7 Å². The van der Waals surface area contributed by atoms with Crippen molar-refractivity contribution in [2.24, 2.45) is 10.2 Å². The Morgan fingerprint density at radius 3 is 2.41 bits per heavy atom. The van der Waals surface area contributed by atoms with Crippen molar-refractivity contribution in [2.45, 2.75) is 6.42 Å². The second-order valence-electron chi connectivity index (χ2n) is 5.71. The van der Waals surface area contributed by atoms with Crippen molar-refractivity contribution in [3.8, 4) is 11.5 Å². The van der Waals surface area contributed by atoms with E-state index in [4.69, 9.17) is 14.2 Å². The highest BCUT2D eigenvalue weighted by Gasteiger charge is 2.21. The molecule has 27 heavy (non-hydrogen) atoms. The van der Waals surface area contributed by atoms with Gasteiger partial charge in [0.25, 0.3) is 0 Å². The van der Waals surface area contributed by atoms with E-state index in [2.05, 4.69) is 10.2 Å². The van der Waals surface area contributed by atoms with Crippen LogP contribution >= 0.6 is 11.8 Å². The minimum atomic E-state index is -0.299. The lowest BCUT2D eigenvalue weighted by Crippen LogP contribution is -2.10. The average molecular weight is 384 g/mol. The van der Waals surface area contributed by atoms with Crippen molar-refractivity contribution in [2.75, 3.05) is 27.1 Å². The summed E-state index contributed by atoms with van der Waals surface area (Å²) in [5.41, 5.74) is 3.63. The minimum absolute atomic E-state index is 0.189. The zero-order valence-corrected chi connectivity index (χ0v) is 16.2. The molecule has 1 heterocycles. The van der Waals surface area contributed by atoms with Gasteiger partial charge in [-0.25, -0.2) is 0 Å². The summed E-state index contributed by atoms with van der Waals surface area (Å²) in [6.45, 7) is 0. The Bertz CT molecular complexity index is 894. The highest BCUT2D eigenvalue weighted by molar-refractivity contribution is 8.14. The van der Waals surface area contributed by atoms with Crippen LogP contribution in [-0.4, -0.2) is 43.8 Å². The van der Waals surface area contributed by atoms with E-state index < -0.39 is 0 Å². The van der Waals surface area contributed by atoms with Gasteiger partial charge in [-0.15, -0.1) is 10.2 Å². The first kappa shape index (κ1) is 19.0. The molecule has 1 aliphatic rings. The molecule has 140 valence electrons. The summed E-state index contributed by atoms with van der Waals surface area (Å²) in [5, 5.41) is 9.61. The van der Waals surface area contributed by atoms with Crippen molar-refractivity contribution < 1.29 is 19.0 Å². The first-order valence-corrected chi connectivity index (χ1v) is 9.29. The molecule has 0 unspecified atom stereocenters.